The Morgan fingerprint density at radius 2 is 2.20 bits per heavy atom. The number of aromatic nitrogens is 1. The van der Waals surface area contributed by atoms with Gasteiger partial charge in [0.15, 0.2) is 0 Å². The number of aliphatic hydroxyl groups is 1. The predicted molar refractivity (Wildman–Crippen MR) is 91.6 cm³/mol. The number of halogens is 2. The zero-order chi connectivity index (χ0) is 18.6. The van der Waals surface area contributed by atoms with Gasteiger partial charge in [0.1, 0.15) is 11.5 Å². The van der Waals surface area contributed by atoms with E-state index in [9.17, 15) is 9.50 Å². The lowest BCUT2D eigenvalue weighted by molar-refractivity contribution is 0.0330. The van der Waals surface area contributed by atoms with Gasteiger partial charge in [0.05, 0.1) is 25.3 Å². The molecule has 2 aromatic rings. The topological polar surface area (TPSA) is 108 Å². The third kappa shape index (κ3) is 4.22. The summed E-state index contributed by atoms with van der Waals surface area (Å²) in [4.78, 5) is 4.21. The van der Waals surface area contributed by atoms with Gasteiger partial charge in [0.2, 0.25) is 5.88 Å². The van der Waals surface area contributed by atoms with E-state index in [4.69, 9.17) is 27.6 Å². The van der Waals surface area contributed by atoms with E-state index < -0.39 is 11.5 Å². The molecular weight excluding hydrogens is 349 g/mol. The fourth-order valence-electron chi connectivity index (χ4n) is 2.20. The fourth-order valence-corrected chi connectivity index (χ4v) is 2.32. The molecule has 1 aromatic carbocycles. The Labute approximate surface area is 149 Å². The van der Waals surface area contributed by atoms with Crippen molar-refractivity contribution in [2.24, 2.45) is 11.0 Å². The lowest BCUT2D eigenvalue weighted by atomic mass is 10.0. The van der Waals surface area contributed by atoms with Crippen LogP contribution in [0.1, 0.15) is 12.5 Å². The summed E-state index contributed by atoms with van der Waals surface area (Å²) >= 11 is 5.73. The van der Waals surface area contributed by atoms with Crippen molar-refractivity contribution in [2.45, 2.75) is 19.1 Å². The van der Waals surface area contributed by atoms with E-state index in [0.29, 0.717) is 22.6 Å². The van der Waals surface area contributed by atoms with Crippen molar-refractivity contribution in [2.75, 3.05) is 13.7 Å². The van der Waals surface area contributed by atoms with Crippen LogP contribution in [0.15, 0.2) is 35.7 Å². The predicted octanol–water partition coefficient (Wildman–Crippen LogP) is 2.96. The van der Waals surface area contributed by atoms with Crippen LogP contribution in [0.5, 0.6) is 5.88 Å². The molecule has 1 atom stereocenters. The molecule has 0 aliphatic rings. The van der Waals surface area contributed by atoms with Crippen LogP contribution in [0.2, 0.25) is 5.02 Å². The maximum Gasteiger partial charge on any atom is 0.221 e. The van der Waals surface area contributed by atoms with Crippen molar-refractivity contribution in [3.63, 3.8) is 0 Å². The highest BCUT2D eigenvalue weighted by Gasteiger charge is 2.26. The van der Waals surface area contributed by atoms with E-state index in [1.165, 1.54) is 24.3 Å². The Hall–Kier alpha value is -2.29. The number of nitrogens with zero attached hydrogens (tertiary/aromatic N) is 3. The van der Waals surface area contributed by atoms with Crippen LogP contribution in [0.3, 0.4) is 0 Å². The molecule has 1 heterocycles. The maximum atomic E-state index is 13.8. The molecule has 0 aliphatic carbocycles. The number of hydrogen-bond acceptors (Lipinski definition) is 6. The highest BCUT2D eigenvalue weighted by Crippen LogP contribution is 2.31. The summed E-state index contributed by atoms with van der Waals surface area (Å²) in [6, 6.07) is 6.13. The second-order valence-electron chi connectivity index (χ2n) is 5.70. The molecule has 0 saturated carbocycles. The van der Waals surface area contributed by atoms with Gasteiger partial charge in [-0.2, -0.15) is 5.53 Å². The fraction of sp³-hybridized carbons (Fsp3) is 0.312. The van der Waals surface area contributed by atoms with Crippen LogP contribution in [-0.4, -0.2) is 34.5 Å². The monoisotopic (exact) mass is 367 g/mol. The van der Waals surface area contributed by atoms with Crippen molar-refractivity contribution in [3.05, 3.63) is 46.9 Å². The largest absolute Gasteiger partial charge is 0.481 e. The van der Waals surface area contributed by atoms with Crippen molar-refractivity contribution in [1.82, 2.24) is 9.99 Å². The first-order chi connectivity index (χ1) is 11.8. The van der Waals surface area contributed by atoms with Gasteiger partial charge in [-0.15, -0.1) is 0 Å². The molecule has 9 heteroatoms. The molecule has 0 amide bonds. The lowest BCUT2D eigenvalue weighted by Gasteiger charge is -2.32. The van der Waals surface area contributed by atoms with Crippen molar-refractivity contribution >= 4 is 11.6 Å². The summed E-state index contributed by atoms with van der Waals surface area (Å²) in [7, 11) is 1.46. The third-order valence-corrected chi connectivity index (χ3v) is 4.00. The van der Waals surface area contributed by atoms with E-state index in [0.717, 1.165) is 0 Å². The Balaban J connectivity index is 2.43. The molecule has 1 unspecified atom stereocenters. The Kier molecular flexibility index (Phi) is 5.89. The van der Waals surface area contributed by atoms with Crippen molar-refractivity contribution in [1.29, 1.82) is 5.53 Å². The van der Waals surface area contributed by atoms with Crippen LogP contribution in [-0.2, 0) is 6.54 Å². The molecular formula is C16H19ClFN5O2. The molecule has 0 bridgehead atoms. The lowest BCUT2D eigenvalue weighted by Crippen LogP contribution is -2.53. The Bertz CT molecular complexity index is 772. The second kappa shape index (κ2) is 7.73. The molecule has 25 heavy (non-hydrogen) atoms. The highest BCUT2D eigenvalue weighted by molar-refractivity contribution is 6.30. The molecule has 0 aliphatic heterocycles. The number of hydrogen-bond donors (Lipinski definition) is 3. The van der Waals surface area contributed by atoms with Crippen LogP contribution in [0.4, 0.5) is 4.39 Å². The van der Waals surface area contributed by atoms with Crippen LogP contribution in [0.25, 0.3) is 11.1 Å². The highest BCUT2D eigenvalue weighted by atomic mass is 35.5. The van der Waals surface area contributed by atoms with Gasteiger partial charge in [0.25, 0.3) is 0 Å². The Morgan fingerprint density at radius 3 is 2.76 bits per heavy atom. The van der Waals surface area contributed by atoms with Crippen LogP contribution in [0, 0.1) is 11.3 Å². The minimum Gasteiger partial charge on any atom is -0.481 e. The summed E-state index contributed by atoms with van der Waals surface area (Å²) in [5.74, 6) is -0.235. The quantitative estimate of drug-likeness (QED) is 0.396. The average molecular weight is 368 g/mol. The molecule has 134 valence electrons. The zero-order valence-corrected chi connectivity index (χ0v) is 14.6. The molecule has 2 rings (SSSR count). The van der Waals surface area contributed by atoms with Crippen molar-refractivity contribution < 1.29 is 14.2 Å². The number of pyridine rings is 1. The van der Waals surface area contributed by atoms with E-state index in [-0.39, 0.29) is 18.2 Å². The number of methoxy groups -OCH3 is 1. The van der Waals surface area contributed by atoms with E-state index >= 15 is 0 Å². The average Bonchev–Trinajstić information content (AvgIpc) is 2.61. The minimum absolute atomic E-state index is 0.0212. The normalized spacial score (nSPS) is 13.2. The summed E-state index contributed by atoms with van der Waals surface area (Å²) in [5, 5.41) is 13.9. The SMILES string of the molecule is COc1ncc(CN(N=N)C(C)(N)CO)cc1-c1ccc(Cl)c(F)c1. The molecule has 1 aromatic heterocycles. The Morgan fingerprint density at radius 1 is 1.48 bits per heavy atom. The molecule has 4 N–H and O–H groups in total. The second-order valence-corrected chi connectivity index (χ2v) is 6.11. The standard InChI is InChI=1S/C16H19ClFN5O2/c1-16(19,9-24)23(22-20)8-10-5-12(15(25-2)21-7-10)11-3-4-13(17)14(18)6-11/h3-7,20,24H,8-9,19H2,1-2H3. The van der Waals surface area contributed by atoms with E-state index in [1.807, 2.05) is 0 Å². The molecule has 0 spiro atoms. The van der Waals surface area contributed by atoms with E-state index in [1.54, 1.807) is 25.3 Å². The smallest absolute Gasteiger partial charge is 0.221 e. The summed E-state index contributed by atoms with van der Waals surface area (Å²) in [6.45, 7) is 1.31. The molecule has 7 nitrogen and oxygen atoms in total. The summed E-state index contributed by atoms with van der Waals surface area (Å²) in [5.41, 5.74) is 13.7. The van der Waals surface area contributed by atoms with Gasteiger partial charge >= 0.3 is 0 Å². The van der Waals surface area contributed by atoms with E-state index in [2.05, 4.69) is 10.2 Å². The van der Waals surface area contributed by atoms with Gasteiger partial charge in [-0.1, -0.05) is 22.9 Å². The summed E-state index contributed by atoms with van der Waals surface area (Å²) in [6.07, 6.45) is 1.54. The first-order valence-corrected chi connectivity index (χ1v) is 7.73. The number of nitrogens with two attached hydrogens (primary N) is 1. The van der Waals surface area contributed by atoms with Crippen molar-refractivity contribution in [3.8, 4) is 17.0 Å². The molecule has 0 fully saturated rings. The van der Waals surface area contributed by atoms with Crippen LogP contribution < -0.4 is 10.5 Å². The third-order valence-electron chi connectivity index (χ3n) is 3.69. The number of nitrogens with one attached hydrogen (secondary N) is 1. The number of rotatable bonds is 7. The van der Waals surface area contributed by atoms with Gasteiger partial charge in [-0.05, 0) is 36.2 Å². The molecule has 0 radical (unpaired) electrons. The first kappa shape index (κ1) is 19.0. The number of ether oxygens (including phenoxy) is 1. The summed E-state index contributed by atoms with van der Waals surface area (Å²) < 4.78 is 19.0. The maximum absolute atomic E-state index is 13.8. The first-order valence-electron chi connectivity index (χ1n) is 7.35. The van der Waals surface area contributed by atoms with Gasteiger partial charge < -0.3 is 15.6 Å². The number of aliphatic hydroxyl groups excluding tert-OH is 1. The number of benzene rings is 1. The van der Waals surface area contributed by atoms with Crippen LogP contribution >= 0.6 is 11.6 Å². The van der Waals surface area contributed by atoms with Gasteiger partial charge in [0, 0.05) is 11.8 Å². The minimum atomic E-state index is -1.20. The van der Waals surface area contributed by atoms with Gasteiger partial charge in [-0.25, -0.2) is 9.37 Å². The zero-order valence-electron chi connectivity index (χ0n) is 13.8. The molecule has 0 saturated heterocycles. The van der Waals surface area contributed by atoms with Gasteiger partial charge in [-0.3, -0.25) is 5.01 Å².